The second-order valence-electron chi connectivity index (χ2n) is 7.52. The van der Waals surface area contributed by atoms with Crippen LogP contribution in [0, 0.1) is 0 Å². The summed E-state index contributed by atoms with van der Waals surface area (Å²) >= 11 is 0. The average molecular weight is 410 g/mol. The summed E-state index contributed by atoms with van der Waals surface area (Å²) in [6.07, 6.45) is 1.49. The summed E-state index contributed by atoms with van der Waals surface area (Å²) in [5, 5.41) is 0. The number of alkyl halides is 2. The van der Waals surface area contributed by atoms with E-state index in [2.05, 4.69) is 9.88 Å². The number of benzene rings is 2. The van der Waals surface area contributed by atoms with Crippen LogP contribution in [-0.2, 0) is 13.1 Å². The number of nitrogens with zero attached hydrogens (tertiary/aromatic N) is 2. The lowest BCUT2D eigenvalue weighted by Gasteiger charge is -2.24. The van der Waals surface area contributed by atoms with Crippen molar-refractivity contribution in [1.29, 1.82) is 0 Å². The first-order chi connectivity index (χ1) is 14.5. The molecule has 0 saturated heterocycles. The van der Waals surface area contributed by atoms with E-state index >= 15 is 0 Å². The number of anilines is 1. The summed E-state index contributed by atoms with van der Waals surface area (Å²) < 4.78 is 37.2. The van der Waals surface area contributed by atoms with Gasteiger partial charge in [0, 0.05) is 25.7 Å². The van der Waals surface area contributed by atoms with Crippen LogP contribution in [0.25, 0.3) is 0 Å². The SMILES string of the molecule is COc1ccc(CN(Cc2ccc(OC)cc2)c2ccc(C3CC3(F)F)cn2)cc1. The molecule has 1 saturated carbocycles. The number of halogens is 2. The molecule has 4 nitrogen and oxygen atoms in total. The van der Waals surface area contributed by atoms with Crippen LogP contribution < -0.4 is 14.4 Å². The van der Waals surface area contributed by atoms with E-state index in [0.717, 1.165) is 28.4 Å². The fourth-order valence-electron chi connectivity index (χ4n) is 3.49. The van der Waals surface area contributed by atoms with Crippen LogP contribution in [0.15, 0.2) is 66.9 Å². The predicted molar refractivity (Wildman–Crippen MR) is 112 cm³/mol. The van der Waals surface area contributed by atoms with Crippen molar-refractivity contribution in [3.05, 3.63) is 83.6 Å². The molecule has 1 aliphatic rings. The van der Waals surface area contributed by atoms with Crippen molar-refractivity contribution in [2.24, 2.45) is 0 Å². The number of rotatable bonds is 8. The topological polar surface area (TPSA) is 34.6 Å². The lowest BCUT2D eigenvalue weighted by Crippen LogP contribution is -2.23. The highest BCUT2D eigenvalue weighted by atomic mass is 19.3. The molecule has 3 aromatic rings. The van der Waals surface area contributed by atoms with Gasteiger partial charge in [-0.25, -0.2) is 13.8 Å². The van der Waals surface area contributed by atoms with E-state index < -0.39 is 11.8 Å². The zero-order valence-corrected chi connectivity index (χ0v) is 17.0. The molecule has 4 rings (SSSR count). The third-order valence-electron chi connectivity index (χ3n) is 5.39. The van der Waals surface area contributed by atoms with E-state index in [1.165, 1.54) is 0 Å². The molecule has 1 aliphatic carbocycles. The summed E-state index contributed by atoms with van der Waals surface area (Å²) in [6, 6.07) is 19.3. The zero-order valence-electron chi connectivity index (χ0n) is 17.0. The van der Waals surface area contributed by atoms with Crippen molar-refractivity contribution in [3.8, 4) is 11.5 Å². The molecule has 1 unspecified atom stereocenters. The Kier molecular flexibility index (Phi) is 5.57. The average Bonchev–Trinajstić information content (AvgIpc) is 3.42. The fourth-order valence-corrected chi connectivity index (χ4v) is 3.49. The van der Waals surface area contributed by atoms with Gasteiger partial charge < -0.3 is 14.4 Å². The molecular weight excluding hydrogens is 386 g/mol. The van der Waals surface area contributed by atoms with Crippen molar-refractivity contribution in [2.45, 2.75) is 31.4 Å². The van der Waals surface area contributed by atoms with Gasteiger partial charge in [-0.3, -0.25) is 0 Å². The normalized spacial score (nSPS) is 16.7. The van der Waals surface area contributed by atoms with Crippen molar-refractivity contribution in [1.82, 2.24) is 4.98 Å². The molecule has 0 bridgehead atoms. The second kappa shape index (κ2) is 8.30. The number of hydrogen-bond acceptors (Lipinski definition) is 4. The highest BCUT2D eigenvalue weighted by Crippen LogP contribution is 2.55. The lowest BCUT2D eigenvalue weighted by molar-refractivity contribution is 0.112. The summed E-state index contributed by atoms with van der Waals surface area (Å²) in [4.78, 5) is 6.63. The molecule has 1 aromatic heterocycles. The molecular formula is C24H24F2N2O2. The lowest BCUT2D eigenvalue weighted by atomic mass is 10.1. The van der Waals surface area contributed by atoms with Crippen LogP contribution in [0.2, 0.25) is 0 Å². The van der Waals surface area contributed by atoms with Crippen LogP contribution in [0.4, 0.5) is 14.6 Å². The molecule has 156 valence electrons. The Morgan fingerprint density at radius 1 is 0.867 bits per heavy atom. The molecule has 0 spiro atoms. The standard InChI is InChI=1S/C24H24F2N2O2/c1-29-20-8-3-17(4-9-20)15-28(16-18-5-10-21(30-2)11-6-18)23-12-7-19(14-27-23)22-13-24(22,25)26/h3-12,14,22H,13,15-16H2,1-2H3. The maximum Gasteiger partial charge on any atom is 0.255 e. The minimum atomic E-state index is -2.59. The van der Waals surface area contributed by atoms with Crippen LogP contribution >= 0.6 is 0 Å². The summed E-state index contributed by atoms with van der Waals surface area (Å²) in [6.45, 7) is 1.25. The van der Waals surface area contributed by atoms with E-state index in [1.54, 1.807) is 26.5 Å². The molecule has 30 heavy (non-hydrogen) atoms. The Labute approximate surface area is 175 Å². The van der Waals surface area contributed by atoms with Gasteiger partial charge in [-0.15, -0.1) is 0 Å². The van der Waals surface area contributed by atoms with Gasteiger partial charge in [-0.05, 0) is 47.0 Å². The maximum absolute atomic E-state index is 13.4. The minimum absolute atomic E-state index is 0.0879. The Morgan fingerprint density at radius 2 is 1.37 bits per heavy atom. The van der Waals surface area contributed by atoms with E-state index in [1.807, 2.05) is 54.6 Å². The van der Waals surface area contributed by atoms with Gasteiger partial charge in [0.2, 0.25) is 0 Å². The third kappa shape index (κ3) is 4.53. The summed E-state index contributed by atoms with van der Waals surface area (Å²) in [5.74, 6) is -0.943. The number of pyridine rings is 1. The first-order valence-corrected chi connectivity index (χ1v) is 9.83. The summed E-state index contributed by atoms with van der Waals surface area (Å²) in [5.41, 5.74) is 2.80. The van der Waals surface area contributed by atoms with Gasteiger partial charge in [0.25, 0.3) is 5.92 Å². The van der Waals surface area contributed by atoms with E-state index in [-0.39, 0.29) is 6.42 Å². The molecule has 0 aliphatic heterocycles. The van der Waals surface area contributed by atoms with Gasteiger partial charge in [0.15, 0.2) is 0 Å². The maximum atomic E-state index is 13.4. The van der Waals surface area contributed by atoms with Gasteiger partial charge in [-0.1, -0.05) is 30.3 Å². The quantitative estimate of drug-likeness (QED) is 0.496. The zero-order chi connectivity index (χ0) is 21.1. The molecule has 0 amide bonds. The number of hydrogen-bond donors (Lipinski definition) is 0. The van der Waals surface area contributed by atoms with Crippen molar-refractivity contribution in [2.75, 3.05) is 19.1 Å². The molecule has 1 atom stereocenters. The third-order valence-corrected chi connectivity index (χ3v) is 5.39. The van der Waals surface area contributed by atoms with E-state index in [9.17, 15) is 8.78 Å². The molecule has 0 radical (unpaired) electrons. The van der Waals surface area contributed by atoms with Crippen molar-refractivity contribution >= 4 is 5.82 Å². The van der Waals surface area contributed by atoms with Crippen molar-refractivity contribution in [3.63, 3.8) is 0 Å². The van der Waals surface area contributed by atoms with Gasteiger partial charge in [0.1, 0.15) is 17.3 Å². The Morgan fingerprint density at radius 3 is 1.73 bits per heavy atom. The molecule has 1 fully saturated rings. The molecule has 1 heterocycles. The highest BCUT2D eigenvalue weighted by molar-refractivity contribution is 5.44. The van der Waals surface area contributed by atoms with E-state index in [4.69, 9.17) is 9.47 Å². The molecule has 6 heteroatoms. The fraction of sp³-hybridized carbons (Fsp3) is 0.292. The Hall–Kier alpha value is -3.15. The first-order valence-electron chi connectivity index (χ1n) is 9.83. The number of ether oxygens (including phenoxy) is 2. The number of methoxy groups -OCH3 is 2. The molecule has 2 aromatic carbocycles. The van der Waals surface area contributed by atoms with Gasteiger partial charge >= 0.3 is 0 Å². The van der Waals surface area contributed by atoms with Crippen LogP contribution in [-0.4, -0.2) is 25.1 Å². The Bertz CT molecular complexity index is 924. The van der Waals surface area contributed by atoms with Gasteiger partial charge in [0.05, 0.1) is 20.1 Å². The van der Waals surface area contributed by atoms with Gasteiger partial charge in [-0.2, -0.15) is 0 Å². The predicted octanol–water partition coefficient (Wildman–Crippen LogP) is 5.43. The van der Waals surface area contributed by atoms with E-state index in [0.29, 0.717) is 18.7 Å². The van der Waals surface area contributed by atoms with Crippen molar-refractivity contribution < 1.29 is 18.3 Å². The van der Waals surface area contributed by atoms with Crippen LogP contribution in [0.3, 0.4) is 0 Å². The van der Waals surface area contributed by atoms with Crippen LogP contribution in [0.5, 0.6) is 11.5 Å². The monoisotopic (exact) mass is 410 g/mol. The second-order valence-corrected chi connectivity index (χ2v) is 7.52. The highest BCUT2D eigenvalue weighted by Gasteiger charge is 2.57. The number of aromatic nitrogens is 1. The minimum Gasteiger partial charge on any atom is -0.497 e. The largest absolute Gasteiger partial charge is 0.497 e. The smallest absolute Gasteiger partial charge is 0.255 e. The summed E-state index contributed by atoms with van der Waals surface area (Å²) in [7, 11) is 3.28. The Balaban J connectivity index is 1.56. The molecule has 0 N–H and O–H groups in total. The van der Waals surface area contributed by atoms with Crippen LogP contribution in [0.1, 0.15) is 29.0 Å². The first kappa shape index (κ1) is 20.1.